The number of carbonyl (C=O) groups excluding carboxylic acids is 2. The summed E-state index contributed by atoms with van der Waals surface area (Å²) in [7, 11) is 0. The summed E-state index contributed by atoms with van der Waals surface area (Å²) in [4.78, 5) is 38.6. The average Bonchev–Trinajstić information content (AvgIpc) is 2.95. The van der Waals surface area contributed by atoms with Crippen molar-refractivity contribution in [2.24, 2.45) is 5.92 Å². The monoisotopic (exact) mass is 384 g/mol. The Bertz CT molecular complexity index is 511. The van der Waals surface area contributed by atoms with Crippen molar-refractivity contribution in [3.05, 3.63) is 0 Å². The molecule has 7 heteroatoms. The molecule has 0 spiro atoms. The quantitative estimate of drug-likeness (QED) is 0.532. The van der Waals surface area contributed by atoms with Gasteiger partial charge in [-0.25, -0.2) is 4.79 Å². The SMILES string of the molecule is CCCC[C@H]1[C@@H](C)C[C@@H](C(=O)O)N1C(=O)[C@@H](C)N[C@H](CCC)C(=O)OCC. The molecule has 5 atom stereocenters. The minimum Gasteiger partial charge on any atom is -0.480 e. The topological polar surface area (TPSA) is 95.9 Å². The van der Waals surface area contributed by atoms with E-state index in [2.05, 4.69) is 12.2 Å². The van der Waals surface area contributed by atoms with E-state index in [9.17, 15) is 19.5 Å². The first-order chi connectivity index (χ1) is 12.8. The second kappa shape index (κ2) is 11.3. The van der Waals surface area contributed by atoms with Gasteiger partial charge >= 0.3 is 11.9 Å². The zero-order valence-electron chi connectivity index (χ0n) is 17.4. The summed E-state index contributed by atoms with van der Waals surface area (Å²) < 4.78 is 5.09. The molecule has 0 bridgehead atoms. The molecule has 1 aliphatic rings. The standard InChI is InChI=1S/C20H36N2O5/c1-6-9-11-16-13(4)12-17(19(24)25)22(16)18(23)14(5)21-15(10-7-2)20(26)27-8-3/h13-17,21H,6-12H2,1-5H3,(H,24,25)/t13-,14+,15+,16-,17-/m0/s1. The fourth-order valence-electron chi connectivity index (χ4n) is 3.90. The maximum absolute atomic E-state index is 13.1. The zero-order chi connectivity index (χ0) is 20.6. The number of likely N-dealkylation sites (tertiary alicyclic amines) is 1. The highest BCUT2D eigenvalue weighted by atomic mass is 16.5. The lowest BCUT2D eigenvalue weighted by Gasteiger charge is -2.33. The number of carbonyl (C=O) groups is 3. The Morgan fingerprint density at radius 2 is 1.89 bits per heavy atom. The van der Waals surface area contributed by atoms with Crippen LogP contribution in [0, 0.1) is 5.92 Å². The van der Waals surface area contributed by atoms with Crippen molar-refractivity contribution in [1.29, 1.82) is 0 Å². The van der Waals surface area contributed by atoms with Gasteiger partial charge in [0, 0.05) is 6.04 Å². The molecule has 1 rings (SSSR count). The van der Waals surface area contributed by atoms with Crippen LogP contribution in [-0.2, 0) is 19.1 Å². The van der Waals surface area contributed by atoms with Gasteiger partial charge in [0.05, 0.1) is 12.6 Å². The fourth-order valence-corrected chi connectivity index (χ4v) is 3.90. The molecular formula is C20H36N2O5. The average molecular weight is 385 g/mol. The van der Waals surface area contributed by atoms with E-state index in [0.717, 1.165) is 25.7 Å². The molecule has 1 heterocycles. The van der Waals surface area contributed by atoms with E-state index in [-0.39, 0.29) is 30.4 Å². The van der Waals surface area contributed by atoms with Crippen LogP contribution in [0.3, 0.4) is 0 Å². The Balaban J connectivity index is 2.95. The van der Waals surface area contributed by atoms with E-state index < -0.39 is 24.1 Å². The molecule has 0 aromatic rings. The summed E-state index contributed by atoms with van der Waals surface area (Å²) in [5.74, 6) is -1.44. The zero-order valence-corrected chi connectivity index (χ0v) is 17.4. The van der Waals surface area contributed by atoms with E-state index >= 15 is 0 Å². The first-order valence-electron chi connectivity index (χ1n) is 10.3. The highest BCUT2D eigenvalue weighted by Gasteiger charge is 2.46. The third kappa shape index (κ3) is 6.19. The van der Waals surface area contributed by atoms with Crippen LogP contribution in [0.4, 0.5) is 0 Å². The van der Waals surface area contributed by atoms with E-state index in [0.29, 0.717) is 12.8 Å². The smallest absolute Gasteiger partial charge is 0.326 e. The first kappa shape index (κ1) is 23.4. The number of hydrogen-bond acceptors (Lipinski definition) is 5. The molecule has 0 aliphatic carbocycles. The number of esters is 1. The molecule has 1 fully saturated rings. The van der Waals surface area contributed by atoms with Crippen LogP contribution in [0.5, 0.6) is 0 Å². The van der Waals surface area contributed by atoms with Crippen LogP contribution in [0.1, 0.15) is 73.1 Å². The normalized spacial score (nSPS) is 24.5. The number of hydrogen-bond donors (Lipinski definition) is 2. The van der Waals surface area contributed by atoms with Gasteiger partial charge in [0.1, 0.15) is 12.1 Å². The Kier molecular flexibility index (Phi) is 9.77. The third-order valence-electron chi connectivity index (χ3n) is 5.31. The van der Waals surface area contributed by atoms with Gasteiger partial charge in [0.25, 0.3) is 0 Å². The maximum atomic E-state index is 13.1. The molecule has 0 aromatic heterocycles. The molecule has 2 N–H and O–H groups in total. The summed E-state index contributed by atoms with van der Waals surface area (Å²) in [5, 5.41) is 12.7. The Hall–Kier alpha value is -1.63. The van der Waals surface area contributed by atoms with Crippen molar-refractivity contribution in [1.82, 2.24) is 10.2 Å². The largest absolute Gasteiger partial charge is 0.480 e. The van der Waals surface area contributed by atoms with Crippen molar-refractivity contribution in [3.63, 3.8) is 0 Å². The summed E-state index contributed by atoms with van der Waals surface area (Å²) >= 11 is 0. The lowest BCUT2D eigenvalue weighted by Crippen LogP contribution is -2.55. The highest BCUT2D eigenvalue weighted by Crippen LogP contribution is 2.33. The second-order valence-electron chi connectivity index (χ2n) is 7.50. The van der Waals surface area contributed by atoms with Crippen molar-refractivity contribution in [2.45, 2.75) is 97.3 Å². The lowest BCUT2D eigenvalue weighted by molar-refractivity contribution is -0.151. The van der Waals surface area contributed by atoms with Gasteiger partial charge in [-0.2, -0.15) is 0 Å². The van der Waals surface area contributed by atoms with Crippen molar-refractivity contribution >= 4 is 17.8 Å². The molecule has 1 aliphatic heterocycles. The number of rotatable bonds is 11. The van der Waals surface area contributed by atoms with E-state index in [1.54, 1.807) is 18.7 Å². The summed E-state index contributed by atoms with van der Waals surface area (Å²) in [6.45, 7) is 9.79. The second-order valence-corrected chi connectivity index (χ2v) is 7.50. The van der Waals surface area contributed by atoms with Crippen LogP contribution in [0.2, 0.25) is 0 Å². The number of nitrogens with one attached hydrogen (secondary N) is 1. The van der Waals surface area contributed by atoms with Gasteiger partial charge in [-0.15, -0.1) is 0 Å². The molecule has 156 valence electrons. The number of ether oxygens (including phenoxy) is 1. The van der Waals surface area contributed by atoms with Gasteiger partial charge < -0.3 is 14.7 Å². The molecule has 1 amide bonds. The number of nitrogens with zero attached hydrogens (tertiary/aromatic N) is 1. The fraction of sp³-hybridized carbons (Fsp3) is 0.850. The number of unbranched alkanes of at least 4 members (excludes halogenated alkanes) is 1. The number of carboxylic acid groups (broad SMARTS) is 1. The third-order valence-corrected chi connectivity index (χ3v) is 5.31. The van der Waals surface area contributed by atoms with Gasteiger partial charge in [-0.1, -0.05) is 40.0 Å². The van der Waals surface area contributed by atoms with Crippen molar-refractivity contribution in [3.8, 4) is 0 Å². The van der Waals surface area contributed by atoms with E-state index in [1.165, 1.54) is 0 Å². The van der Waals surface area contributed by atoms with Crippen LogP contribution in [0.15, 0.2) is 0 Å². The van der Waals surface area contributed by atoms with Crippen LogP contribution >= 0.6 is 0 Å². The van der Waals surface area contributed by atoms with Gasteiger partial charge in [-0.3, -0.25) is 14.9 Å². The van der Waals surface area contributed by atoms with E-state index in [1.807, 2.05) is 13.8 Å². The molecule has 0 radical (unpaired) electrons. The molecule has 27 heavy (non-hydrogen) atoms. The minimum absolute atomic E-state index is 0.0741. The summed E-state index contributed by atoms with van der Waals surface area (Å²) in [6.07, 6.45) is 4.56. The number of aliphatic carboxylic acids is 1. The van der Waals surface area contributed by atoms with Crippen LogP contribution in [-0.4, -0.2) is 58.6 Å². The highest BCUT2D eigenvalue weighted by molar-refractivity contribution is 5.88. The first-order valence-corrected chi connectivity index (χ1v) is 10.3. The minimum atomic E-state index is -0.961. The molecule has 0 aromatic carbocycles. The molecular weight excluding hydrogens is 348 g/mol. The molecule has 1 saturated heterocycles. The van der Waals surface area contributed by atoms with Crippen LogP contribution < -0.4 is 5.32 Å². The Labute approximate surface area is 162 Å². The van der Waals surface area contributed by atoms with Crippen molar-refractivity contribution < 1.29 is 24.2 Å². The predicted octanol–water partition coefficient (Wildman–Crippen LogP) is 2.58. The molecule has 0 saturated carbocycles. The Morgan fingerprint density at radius 3 is 2.41 bits per heavy atom. The summed E-state index contributed by atoms with van der Waals surface area (Å²) in [6, 6.07) is -2.09. The summed E-state index contributed by atoms with van der Waals surface area (Å²) in [5.41, 5.74) is 0. The van der Waals surface area contributed by atoms with Gasteiger partial charge in [0.15, 0.2) is 0 Å². The van der Waals surface area contributed by atoms with E-state index in [4.69, 9.17) is 4.74 Å². The molecule has 0 unspecified atom stereocenters. The van der Waals surface area contributed by atoms with Crippen molar-refractivity contribution in [2.75, 3.05) is 6.61 Å². The Morgan fingerprint density at radius 1 is 1.22 bits per heavy atom. The number of carboxylic acids is 1. The number of amides is 1. The predicted molar refractivity (Wildman–Crippen MR) is 103 cm³/mol. The lowest BCUT2D eigenvalue weighted by atomic mass is 9.97. The maximum Gasteiger partial charge on any atom is 0.326 e. The molecule has 7 nitrogen and oxygen atoms in total. The van der Waals surface area contributed by atoms with Gasteiger partial charge in [0.2, 0.25) is 5.91 Å². The van der Waals surface area contributed by atoms with Gasteiger partial charge in [-0.05, 0) is 39.0 Å². The van der Waals surface area contributed by atoms with Crippen LogP contribution in [0.25, 0.3) is 0 Å².